The van der Waals surface area contributed by atoms with Gasteiger partial charge in [0.05, 0.1) is 6.42 Å². The number of hydrogen-bond acceptors (Lipinski definition) is 6. The molecule has 0 aromatic heterocycles. The van der Waals surface area contributed by atoms with E-state index in [1.165, 1.54) is 11.0 Å². The van der Waals surface area contributed by atoms with Crippen LogP contribution in [0.2, 0.25) is 0 Å². The van der Waals surface area contributed by atoms with Crippen LogP contribution in [0.1, 0.15) is 71.9 Å². The van der Waals surface area contributed by atoms with Gasteiger partial charge in [-0.1, -0.05) is 38.5 Å². The van der Waals surface area contributed by atoms with E-state index in [4.69, 9.17) is 10.5 Å². The van der Waals surface area contributed by atoms with Gasteiger partial charge in [0.25, 0.3) is 0 Å². The third kappa shape index (κ3) is 8.15. The van der Waals surface area contributed by atoms with Crippen LogP contribution < -0.4 is 16.4 Å². The second-order valence-electron chi connectivity index (χ2n) is 10.0. The zero-order valence-corrected chi connectivity index (χ0v) is 21.2. The van der Waals surface area contributed by atoms with Crippen LogP contribution in [0, 0.1) is 5.92 Å². The first-order valence-electron chi connectivity index (χ1n) is 12.0. The Morgan fingerprint density at radius 1 is 1.23 bits per heavy atom. The summed E-state index contributed by atoms with van der Waals surface area (Å²) in [6.45, 7) is 9.35. The number of carbonyl (C=O) groups excluding carboxylic acids is 4. The maximum Gasteiger partial charge on any atom is 0.408 e. The van der Waals surface area contributed by atoms with Gasteiger partial charge in [-0.2, -0.15) is 0 Å². The molecule has 0 bridgehead atoms. The summed E-state index contributed by atoms with van der Waals surface area (Å²) in [5, 5.41) is 15.9. The van der Waals surface area contributed by atoms with Gasteiger partial charge in [-0.25, -0.2) is 4.79 Å². The van der Waals surface area contributed by atoms with Gasteiger partial charge in [-0.15, -0.1) is 0 Å². The third-order valence-corrected chi connectivity index (χ3v) is 5.66. The lowest BCUT2D eigenvalue weighted by atomic mass is 10.0. The van der Waals surface area contributed by atoms with Crippen molar-refractivity contribution in [3.05, 3.63) is 29.8 Å². The van der Waals surface area contributed by atoms with Crippen molar-refractivity contribution in [2.45, 2.75) is 84.0 Å². The van der Waals surface area contributed by atoms with Gasteiger partial charge < -0.3 is 31.1 Å². The van der Waals surface area contributed by atoms with E-state index in [1.54, 1.807) is 39.0 Å². The maximum absolute atomic E-state index is 13.9. The topological polar surface area (TPSA) is 151 Å². The second kappa shape index (κ2) is 11.9. The highest BCUT2D eigenvalue weighted by atomic mass is 16.6. The predicted molar refractivity (Wildman–Crippen MR) is 130 cm³/mol. The zero-order chi connectivity index (χ0) is 26.3. The number of para-hydroxylation sites is 1. The van der Waals surface area contributed by atoms with E-state index >= 15 is 0 Å². The molecule has 0 heterocycles. The monoisotopic (exact) mass is 490 g/mol. The molecule has 0 saturated heterocycles. The fraction of sp³-hybridized carbons (Fsp3) is 0.600. The second-order valence-corrected chi connectivity index (χ2v) is 10.0. The number of carbonyl (C=O) groups is 4. The molecule has 0 aliphatic heterocycles. The predicted octanol–water partition coefficient (Wildman–Crippen LogP) is 2.36. The molecule has 10 heteroatoms. The Morgan fingerprint density at radius 2 is 1.86 bits per heavy atom. The van der Waals surface area contributed by atoms with Gasteiger partial charge in [0, 0.05) is 18.2 Å². The van der Waals surface area contributed by atoms with E-state index < -0.39 is 47.9 Å². The van der Waals surface area contributed by atoms with Crippen LogP contribution in [-0.4, -0.2) is 58.1 Å². The van der Waals surface area contributed by atoms with Crippen LogP contribution in [0.3, 0.4) is 0 Å². The number of nitrogens with one attached hydrogen (secondary N) is 2. The molecule has 194 valence electrons. The summed E-state index contributed by atoms with van der Waals surface area (Å²) in [7, 11) is 0. The first kappa shape index (κ1) is 27.9. The number of primary amides is 1. The number of nitrogens with two attached hydrogens (primary N) is 1. The average Bonchev–Trinajstić information content (AvgIpc) is 3.46. The number of alkyl carbamates (subject to hydrolysis) is 1. The minimum Gasteiger partial charge on any atom is -0.508 e. The molecule has 1 aromatic carbocycles. The van der Waals surface area contributed by atoms with Crippen LogP contribution in [0.25, 0.3) is 0 Å². The number of amides is 4. The van der Waals surface area contributed by atoms with Gasteiger partial charge in [0.2, 0.25) is 17.7 Å². The van der Waals surface area contributed by atoms with Crippen LogP contribution in [0.5, 0.6) is 5.75 Å². The number of hydrogen-bond donors (Lipinski definition) is 4. The molecule has 4 amide bonds. The van der Waals surface area contributed by atoms with Crippen molar-refractivity contribution in [1.29, 1.82) is 0 Å². The SMILES string of the molecule is CCCCNC(=O)C(c1ccccc1O)N(C(=O)C(CC(N)=O)NC(=O)OC(C)(C)C)C1CC1C. The first-order chi connectivity index (χ1) is 16.4. The molecule has 2 rings (SSSR count). The number of phenols is 1. The fourth-order valence-corrected chi connectivity index (χ4v) is 3.82. The van der Waals surface area contributed by atoms with E-state index in [1.807, 2.05) is 13.8 Å². The van der Waals surface area contributed by atoms with Crippen LogP contribution >= 0.6 is 0 Å². The quantitative estimate of drug-likeness (QED) is 0.350. The summed E-state index contributed by atoms with van der Waals surface area (Å²) in [6, 6.07) is 3.49. The van der Waals surface area contributed by atoms with E-state index in [0.29, 0.717) is 13.0 Å². The van der Waals surface area contributed by atoms with Crippen molar-refractivity contribution in [2.24, 2.45) is 11.7 Å². The zero-order valence-electron chi connectivity index (χ0n) is 21.2. The maximum atomic E-state index is 13.9. The Labute approximate surface area is 206 Å². The highest BCUT2D eigenvalue weighted by molar-refractivity contribution is 5.95. The molecule has 1 aliphatic rings. The lowest BCUT2D eigenvalue weighted by molar-refractivity contribution is -0.144. The Kier molecular flexibility index (Phi) is 9.50. The highest BCUT2D eigenvalue weighted by Crippen LogP contribution is 2.42. The van der Waals surface area contributed by atoms with E-state index in [2.05, 4.69) is 10.6 Å². The van der Waals surface area contributed by atoms with Gasteiger partial charge >= 0.3 is 6.09 Å². The van der Waals surface area contributed by atoms with Crippen molar-refractivity contribution < 1.29 is 29.0 Å². The number of aromatic hydroxyl groups is 1. The molecule has 1 aliphatic carbocycles. The fourth-order valence-electron chi connectivity index (χ4n) is 3.82. The summed E-state index contributed by atoms with van der Waals surface area (Å²) in [6.07, 6.45) is 0.892. The minimum atomic E-state index is -1.34. The molecule has 1 aromatic rings. The molecular formula is C25H38N4O6. The number of phenolic OH excluding ortho intramolecular Hbond substituents is 1. The van der Waals surface area contributed by atoms with E-state index in [-0.39, 0.29) is 23.3 Å². The normalized spacial score (nSPS) is 18.7. The summed E-state index contributed by atoms with van der Waals surface area (Å²) in [4.78, 5) is 52.9. The molecule has 5 N–H and O–H groups in total. The van der Waals surface area contributed by atoms with Crippen LogP contribution in [0.15, 0.2) is 24.3 Å². The highest BCUT2D eigenvalue weighted by Gasteiger charge is 2.48. The number of rotatable bonds is 11. The molecule has 1 saturated carbocycles. The summed E-state index contributed by atoms with van der Waals surface area (Å²) >= 11 is 0. The van der Waals surface area contributed by atoms with Crippen molar-refractivity contribution in [3.63, 3.8) is 0 Å². The molecular weight excluding hydrogens is 452 g/mol. The molecule has 0 radical (unpaired) electrons. The van der Waals surface area contributed by atoms with Crippen molar-refractivity contribution in [1.82, 2.24) is 15.5 Å². The Morgan fingerprint density at radius 3 is 2.37 bits per heavy atom. The Balaban J connectivity index is 2.47. The molecule has 1 fully saturated rings. The summed E-state index contributed by atoms with van der Waals surface area (Å²) in [5.74, 6) is -1.95. The van der Waals surface area contributed by atoms with Crippen molar-refractivity contribution >= 4 is 23.8 Å². The van der Waals surface area contributed by atoms with Crippen molar-refractivity contribution in [3.8, 4) is 5.75 Å². The van der Waals surface area contributed by atoms with Crippen molar-refractivity contribution in [2.75, 3.05) is 6.54 Å². The van der Waals surface area contributed by atoms with Gasteiger partial charge in [0.1, 0.15) is 23.4 Å². The summed E-state index contributed by atoms with van der Waals surface area (Å²) < 4.78 is 5.26. The number of benzene rings is 1. The largest absolute Gasteiger partial charge is 0.508 e. The summed E-state index contributed by atoms with van der Waals surface area (Å²) in [5.41, 5.74) is 4.81. The van der Waals surface area contributed by atoms with Gasteiger partial charge in [0.15, 0.2) is 0 Å². The standard InChI is InChI=1S/C25H38N4O6/c1-6-7-12-27-22(32)21(16-10-8-9-11-19(16)30)29(18-13-15(18)2)23(33)17(14-20(26)31)28-24(34)35-25(3,4)5/h8-11,15,17-18,21,30H,6-7,12-14H2,1-5H3,(H2,26,31)(H,27,32)(H,28,34). The molecule has 4 atom stereocenters. The van der Waals surface area contributed by atoms with Crippen LogP contribution in [-0.2, 0) is 19.1 Å². The smallest absolute Gasteiger partial charge is 0.408 e. The molecule has 4 unspecified atom stereocenters. The van der Waals surface area contributed by atoms with E-state index in [9.17, 15) is 24.3 Å². The minimum absolute atomic E-state index is 0.0894. The molecule has 35 heavy (non-hydrogen) atoms. The number of ether oxygens (including phenoxy) is 1. The Bertz CT molecular complexity index is 929. The van der Waals surface area contributed by atoms with Crippen LogP contribution in [0.4, 0.5) is 4.79 Å². The third-order valence-electron chi connectivity index (χ3n) is 5.66. The van der Waals surface area contributed by atoms with Gasteiger partial charge in [-0.05, 0) is 45.6 Å². The van der Waals surface area contributed by atoms with Gasteiger partial charge in [-0.3, -0.25) is 14.4 Å². The molecule has 0 spiro atoms. The Hall–Kier alpha value is -3.30. The lowest BCUT2D eigenvalue weighted by Gasteiger charge is -2.35. The lowest BCUT2D eigenvalue weighted by Crippen LogP contribution is -2.55. The van der Waals surface area contributed by atoms with E-state index in [0.717, 1.165) is 12.8 Å². The average molecular weight is 491 g/mol. The molecule has 10 nitrogen and oxygen atoms in total. The first-order valence-corrected chi connectivity index (χ1v) is 12.0. The number of unbranched alkanes of at least 4 members (excludes halogenated alkanes) is 1. The number of nitrogens with zero attached hydrogens (tertiary/aromatic N) is 1.